The number of nitrogens with zero attached hydrogens (tertiary/aromatic N) is 2. The maximum atomic E-state index is 12.7. The van der Waals surface area contributed by atoms with Gasteiger partial charge < -0.3 is 19.5 Å². The molecule has 0 aliphatic carbocycles. The lowest BCUT2D eigenvalue weighted by molar-refractivity contribution is -0.119. The van der Waals surface area contributed by atoms with Crippen LogP contribution in [-0.2, 0) is 24.8 Å². The number of hydrogen-bond donors (Lipinski definition) is 1. The van der Waals surface area contributed by atoms with Crippen LogP contribution in [0.4, 0.5) is 5.69 Å². The minimum Gasteiger partial charge on any atom is -0.492 e. The number of anilines is 1. The smallest absolute Gasteiger partial charge is 0.243 e. The van der Waals surface area contributed by atoms with Crippen molar-refractivity contribution in [2.24, 2.45) is 0 Å². The van der Waals surface area contributed by atoms with Gasteiger partial charge in [-0.2, -0.15) is 4.31 Å². The van der Waals surface area contributed by atoms with Gasteiger partial charge >= 0.3 is 0 Å². The largest absolute Gasteiger partial charge is 0.492 e. The van der Waals surface area contributed by atoms with Crippen LogP contribution in [0.3, 0.4) is 0 Å². The average molecular weight is 554 g/mol. The zero-order valence-electron chi connectivity index (χ0n) is 20.6. The van der Waals surface area contributed by atoms with Crippen molar-refractivity contribution in [3.63, 3.8) is 0 Å². The fourth-order valence-electron chi connectivity index (χ4n) is 4.05. The van der Waals surface area contributed by atoms with Crippen molar-refractivity contribution in [3.05, 3.63) is 42.5 Å². The Balaban J connectivity index is 1.29. The van der Waals surface area contributed by atoms with Crippen molar-refractivity contribution >= 4 is 31.6 Å². The summed E-state index contributed by atoms with van der Waals surface area (Å²) in [6.45, 7) is 2.47. The van der Waals surface area contributed by atoms with Gasteiger partial charge in [0.2, 0.25) is 32.7 Å². The van der Waals surface area contributed by atoms with E-state index in [1.807, 2.05) is 0 Å². The van der Waals surface area contributed by atoms with E-state index in [2.05, 4.69) is 5.32 Å². The topological polar surface area (TPSA) is 132 Å². The van der Waals surface area contributed by atoms with Gasteiger partial charge in [-0.1, -0.05) is 6.42 Å². The molecule has 2 aromatic carbocycles. The van der Waals surface area contributed by atoms with E-state index in [0.29, 0.717) is 36.0 Å². The summed E-state index contributed by atoms with van der Waals surface area (Å²) in [4.78, 5) is 12.8. The molecule has 37 heavy (non-hydrogen) atoms. The summed E-state index contributed by atoms with van der Waals surface area (Å²) < 4.78 is 69.5. The minimum atomic E-state index is -3.73. The Morgan fingerprint density at radius 1 is 1.00 bits per heavy atom. The molecule has 2 aromatic rings. The monoisotopic (exact) mass is 553 g/mol. The second-order valence-corrected chi connectivity index (χ2v) is 12.7. The van der Waals surface area contributed by atoms with Crippen LogP contribution >= 0.6 is 0 Å². The number of benzene rings is 2. The Kier molecular flexibility index (Phi) is 8.45. The molecule has 13 heteroatoms. The van der Waals surface area contributed by atoms with Crippen molar-refractivity contribution in [3.8, 4) is 17.2 Å². The molecule has 0 unspecified atom stereocenters. The van der Waals surface area contributed by atoms with Gasteiger partial charge in [-0.3, -0.25) is 9.10 Å². The molecule has 2 aliphatic rings. The predicted octanol–water partition coefficient (Wildman–Crippen LogP) is 1.94. The summed E-state index contributed by atoms with van der Waals surface area (Å²) in [5.41, 5.74) is 0.303. The SMILES string of the molecule is CCS(=O)(=O)N(CC(=O)NCCOc1ccc(S(=O)(=O)N2CCCCC2)cc1)c1ccc2c(c1)OCO2. The van der Waals surface area contributed by atoms with Crippen molar-refractivity contribution in [2.45, 2.75) is 31.1 Å². The molecule has 1 saturated heterocycles. The highest BCUT2D eigenvalue weighted by Crippen LogP contribution is 2.36. The van der Waals surface area contributed by atoms with Crippen LogP contribution in [0.2, 0.25) is 0 Å². The molecular formula is C24H31N3O8S2. The summed E-state index contributed by atoms with van der Waals surface area (Å²) in [6, 6.07) is 10.9. The highest BCUT2D eigenvalue weighted by Gasteiger charge is 2.27. The molecule has 2 heterocycles. The average Bonchev–Trinajstić information content (AvgIpc) is 3.38. The van der Waals surface area contributed by atoms with Crippen molar-refractivity contribution in [1.29, 1.82) is 0 Å². The summed E-state index contributed by atoms with van der Waals surface area (Å²) >= 11 is 0. The molecule has 2 aliphatic heterocycles. The molecular weight excluding hydrogens is 522 g/mol. The molecule has 0 aromatic heterocycles. The summed E-state index contributed by atoms with van der Waals surface area (Å²) in [5, 5.41) is 2.65. The number of carbonyl (C=O) groups excluding carboxylic acids is 1. The standard InChI is InChI=1S/C24H31N3O8S2/c1-2-36(29,30)27(19-6-11-22-23(16-19)35-18-34-22)17-24(28)25-12-15-33-20-7-9-21(10-8-20)37(31,32)26-13-4-3-5-14-26/h6-11,16H,2-5,12-15,17-18H2,1H3,(H,25,28). The van der Waals surface area contributed by atoms with E-state index in [9.17, 15) is 21.6 Å². The van der Waals surface area contributed by atoms with E-state index in [4.69, 9.17) is 14.2 Å². The number of rotatable bonds is 11. The van der Waals surface area contributed by atoms with Crippen LogP contribution in [-0.4, -0.2) is 72.4 Å². The Hall–Kier alpha value is -3.03. The minimum absolute atomic E-state index is 0.0524. The number of fused-ring (bicyclic) bond motifs is 1. The van der Waals surface area contributed by atoms with Crippen LogP contribution in [0, 0.1) is 0 Å². The Labute approximate surface area is 217 Å². The fourth-order valence-corrected chi connectivity index (χ4v) is 6.63. The summed E-state index contributed by atoms with van der Waals surface area (Å²) in [5.74, 6) is 0.707. The molecule has 0 saturated carbocycles. The number of sulfonamides is 2. The molecule has 0 spiro atoms. The number of carbonyl (C=O) groups is 1. The Bertz CT molecular complexity index is 1310. The first-order valence-corrected chi connectivity index (χ1v) is 15.2. The Morgan fingerprint density at radius 2 is 1.70 bits per heavy atom. The van der Waals surface area contributed by atoms with Crippen LogP contribution in [0.15, 0.2) is 47.4 Å². The Morgan fingerprint density at radius 3 is 2.41 bits per heavy atom. The molecule has 1 N–H and O–H groups in total. The lowest BCUT2D eigenvalue weighted by Crippen LogP contribution is -2.42. The summed E-state index contributed by atoms with van der Waals surface area (Å²) in [6.07, 6.45) is 2.77. The van der Waals surface area contributed by atoms with Gasteiger partial charge in [0.1, 0.15) is 18.9 Å². The van der Waals surface area contributed by atoms with Gasteiger partial charge in [0.05, 0.1) is 22.9 Å². The quantitative estimate of drug-likeness (QED) is 0.418. The third-order valence-electron chi connectivity index (χ3n) is 6.10. The first-order valence-electron chi connectivity index (χ1n) is 12.1. The summed E-state index contributed by atoms with van der Waals surface area (Å²) in [7, 11) is -7.25. The van der Waals surface area contributed by atoms with E-state index in [-0.39, 0.29) is 30.6 Å². The molecule has 4 rings (SSSR count). The molecule has 11 nitrogen and oxygen atoms in total. The lowest BCUT2D eigenvalue weighted by Gasteiger charge is -2.25. The normalized spacial score (nSPS) is 15.8. The molecule has 1 amide bonds. The third kappa shape index (κ3) is 6.46. The van der Waals surface area contributed by atoms with Gasteiger partial charge in [-0.05, 0) is 56.2 Å². The lowest BCUT2D eigenvalue weighted by atomic mass is 10.2. The van der Waals surface area contributed by atoms with Crippen LogP contribution in [0.25, 0.3) is 0 Å². The zero-order chi connectivity index (χ0) is 26.5. The zero-order valence-corrected chi connectivity index (χ0v) is 22.2. The molecule has 202 valence electrons. The number of hydrogen-bond acceptors (Lipinski definition) is 8. The van der Waals surface area contributed by atoms with Gasteiger partial charge in [-0.25, -0.2) is 16.8 Å². The van der Waals surface area contributed by atoms with Gasteiger partial charge in [-0.15, -0.1) is 0 Å². The first kappa shape index (κ1) is 27.0. The maximum absolute atomic E-state index is 12.7. The molecule has 0 bridgehead atoms. The molecule has 0 radical (unpaired) electrons. The highest BCUT2D eigenvalue weighted by atomic mass is 32.2. The second-order valence-electron chi connectivity index (χ2n) is 8.58. The predicted molar refractivity (Wildman–Crippen MR) is 137 cm³/mol. The van der Waals surface area contributed by atoms with E-state index < -0.39 is 32.5 Å². The van der Waals surface area contributed by atoms with Crippen LogP contribution < -0.4 is 23.8 Å². The second kappa shape index (κ2) is 11.6. The van der Waals surface area contributed by atoms with E-state index >= 15 is 0 Å². The number of nitrogens with one attached hydrogen (secondary N) is 1. The van der Waals surface area contributed by atoms with Gasteiger partial charge in [0, 0.05) is 19.2 Å². The third-order valence-corrected chi connectivity index (χ3v) is 9.76. The number of amides is 1. The van der Waals surface area contributed by atoms with Gasteiger partial charge in [0.25, 0.3) is 0 Å². The van der Waals surface area contributed by atoms with E-state index in [0.717, 1.165) is 23.6 Å². The maximum Gasteiger partial charge on any atom is 0.243 e. The van der Waals surface area contributed by atoms with Crippen molar-refractivity contribution in [1.82, 2.24) is 9.62 Å². The first-order chi connectivity index (χ1) is 17.7. The number of ether oxygens (including phenoxy) is 3. The number of piperidine rings is 1. The molecule has 1 fully saturated rings. The van der Waals surface area contributed by atoms with Crippen LogP contribution in [0.5, 0.6) is 17.2 Å². The highest BCUT2D eigenvalue weighted by molar-refractivity contribution is 7.92. The van der Waals surface area contributed by atoms with Crippen LogP contribution in [0.1, 0.15) is 26.2 Å². The van der Waals surface area contributed by atoms with Crippen molar-refractivity contribution in [2.75, 3.05) is 49.6 Å². The fraction of sp³-hybridized carbons (Fsp3) is 0.458. The van der Waals surface area contributed by atoms with E-state index in [1.54, 1.807) is 24.3 Å². The van der Waals surface area contributed by atoms with Gasteiger partial charge in [0.15, 0.2) is 11.5 Å². The van der Waals surface area contributed by atoms with Crippen molar-refractivity contribution < 1.29 is 35.8 Å². The van der Waals surface area contributed by atoms with E-state index in [1.165, 1.54) is 29.4 Å². The molecule has 0 atom stereocenters.